The number of rotatable bonds is 4. The minimum absolute atomic E-state index is 0.114. The average molecular weight is 482 g/mol. The van der Waals surface area contributed by atoms with Gasteiger partial charge in [-0.15, -0.1) is 0 Å². The van der Waals surface area contributed by atoms with Crippen LogP contribution in [0.5, 0.6) is 0 Å². The summed E-state index contributed by atoms with van der Waals surface area (Å²) in [5.41, 5.74) is 6.88. The van der Waals surface area contributed by atoms with E-state index in [2.05, 4.69) is 4.98 Å². The third-order valence-electron chi connectivity index (χ3n) is 7.06. The molecule has 6 nitrogen and oxygen atoms in total. The van der Waals surface area contributed by atoms with E-state index < -0.39 is 0 Å². The second kappa shape index (κ2) is 9.53. The fourth-order valence-electron chi connectivity index (χ4n) is 5.07. The van der Waals surface area contributed by atoms with Gasteiger partial charge in [-0.1, -0.05) is 55.5 Å². The second-order valence-electron chi connectivity index (χ2n) is 9.26. The third kappa shape index (κ3) is 3.92. The summed E-state index contributed by atoms with van der Waals surface area (Å²) in [6, 6.07) is 21.8. The van der Waals surface area contributed by atoms with Crippen molar-refractivity contribution in [1.82, 2.24) is 4.98 Å². The van der Waals surface area contributed by atoms with Crippen LogP contribution in [0, 0.1) is 13.8 Å². The summed E-state index contributed by atoms with van der Waals surface area (Å²) in [7, 11) is 0. The molecule has 1 atom stereocenters. The number of carbonyl (C=O) groups is 2. The van der Waals surface area contributed by atoms with Gasteiger partial charge in [-0.05, 0) is 62.1 Å². The maximum Gasteiger partial charge on any atom is 0.414 e. The van der Waals surface area contributed by atoms with Crippen LogP contribution in [-0.2, 0) is 4.74 Å². The number of anilines is 2. The molecule has 1 aromatic heterocycles. The molecule has 0 fully saturated rings. The summed E-state index contributed by atoms with van der Waals surface area (Å²) in [4.78, 5) is 34.3. The van der Waals surface area contributed by atoms with Gasteiger partial charge >= 0.3 is 6.09 Å². The fraction of sp³-hybridized carbons (Fsp3) is 0.267. The SMILES string of the molecule is CCOC(=O)N1c2cc(C)c(C)cc2N(C(=O)c2[nH]c3ccccc3c2-c2ccccc2)CC1CC. The Morgan fingerprint density at radius 2 is 1.61 bits per heavy atom. The lowest BCUT2D eigenvalue weighted by molar-refractivity contribution is 0.0978. The molecule has 0 radical (unpaired) electrons. The average Bonchev–Trinajstić information content (AvgIpc) is 3.28. The van der Waals surface area contributed by atoms with Gasteiger partial charge in [0.2, 0.25) is 0 Å². The minimum Gasteiger partial charge on any atom is -0.449 e. The number of carbonyl (C=O) groups excluding carboxylic acids is 2. The van der Waals surface area contributed by atoms with Gasteiger partial charge in [0, 0.05) is 23.0 Å². The zero-order valence-electron chi connectivity index (χ0n) is 21.2. The molecule has 1 unspecified atom stereocenters. The first-order chi connectivity index (χ1) is 17.4. The first-order valence-electron chi connectivity index (χ1n) is 12.5. The zero-order chi connectivity index (χ0) is 25.4. The van der Waals surface area contributed by atoms with E-state index >= 15 is 0 Å². The molecular weight excluding hydrogens is 450 g/mol. The Kier molecular flexibility index (Phi) is 6.27. The van der Waals surface area contributed by atoms with Crippen LogP contribution in [0.1, 0.15) is 41.9 Å². The minimum atomic E-state index is -0.378. The molecule has 4 aromatic rings. The monoisotopic (exact) mass is 481 g/mol. The highest BCUT2D eigenvalue weighted by molar-refractivity contribution is 6.17. The van der Waals surface area contributed by atoms with Crippen LogP contribution in [-0.4, -0.2) is 36.2 Å². The van der Waals surface area contributed by atoms with Crippen LogP contribution in [0.2, 0.25) is 0 Å². The predicted octanol–water partition coefficient (Wildman–Crippen LogP) is 6.85. The van der Waals surface area contributed by atoms with Crippen LogP contribution in [0.15, 0.2) is 66.7 Å². The molecule has 2 amide bonds. The van der Waals surface area contributed by atoms with Gasteiger partial charge in [-0.2, -0.15) is 0 Å². The Labute approximate surface area is 211 Å². The molecular formula is C30H31N3O3. The summed E-state index contributed by atoms with van der Waals surface area (Å²) in [5, 5.41) is 1.00. The summed E-state index contributed by atoms with van der Waals surface area (Å²) in [5.74, 6) is -0.114. The van der Waals surface area contributed by atoms with E-state index in [9.17, 15) is 9.59 Å². The summed E-state index contributed by atoms with van der Waals surface area (Å²) < 4.78 is 5.41. The highest BCUT2D eigenvalue weighted by Gasteiger charge is 2.38. The molecule has 0 bridgehead atoms. The van der Waals surface area contributed by atoms with Crippen molar-refractivity contribution in [2.75, 3.05) is 23.0 Å². The third-order valence-corrected chi connectivity index (χ3v) is 7.06. The molecule has 184 valence electrons. The van der Waals surface area contributed by atoms with Gasteiger partial charge in [0.25, 0.3) is 5.91 Å². The van der Waals surface area contributed by atoms with Gasteiger partial charge < -0.3 is 14.6 Å². The predicted molar refractivity (Wildman–Crippen MR) is 145 cm³/mol. The molecule has 0 saturated heterocycles. The van der Waals surface area contributed by atoms with Crippen LogP contribution >= 0.6 is 0 Å². The van der Waals surface area contributed by atoms with E-state index in [1.165, 1.54) is 0 Å². The number of nitrogens with zero attached hydrogens (tertiary/aromatic N) is 2. The highest BCUT2D eigenvalue weighted by atomic mass is 16.6. The number of benzene rings is 3. The molecule has 1 aliphatic heterocycles. The number of nitrogens with one attached hydrogen (secondary N) is 1. The fourth-order valence-corrected chi connectivity index (χ4v) is 5.07. The summed E-state index contributed by atoms with van der Waals surface area (Å²) in [6.45, 7) is 8.56. The zero-order valence-corrected chi connectivity index (χ0v) is 21.2. The van der Waals surface area contributed by atoms with Crippen molar-refractivity contribution in [2.45, 2.75) is 40.2 Å². The van der Waals surface area contributed by atoms with E-state index in [1.807, 2.05) is 92.4 Å². The number of para-hydroxylation sites is 1. The Morgan fingerprint density at radius 3 is 2.31 bits per heavy atom. The molecule has 3 aromatic carbocycles. The Morgan fingerprint density at radius 1 is 0.944 bits per heavy atom. The van der Waals surface area contributed by atoms with Crippen molar-refractivity contribution < 1.29 is 14.3 Å². The number of amides is 2. The molecule has 1 N–H and O–H groups in total. The topological polar surface area (TPSA) is 65.6 Å². The van der Waals surface area contributed by atoms with Crippen molar-refractivity contribution in [2.24, 2.45) is 0 Å². The van der Waals surface area contributed by atoms with Crippen LogP contribution in [0.25, 0.3) is 22.0 Å². The van der Waals surface area contributed by atoms with E-state index in [1.54, 1.807) is 11.8 Å². The maximum atomic E-state index is 14.3. The van der Waals surface area contributed by atoms with Crippen molar-refractivity contribution in [3.63, 3.8) is 0 Å². The smallest absolute Gasteiger partial charge is 0.414 e. The van der Waals surface area contributed by atoms with E-state index in [0.29, 0.717) is 31.0 Å². The maximum absolute atomic E-state index is 14.3. The van der Waals surface area contributed by atoms with Crippen molar-refractivity contribution in [3.05, 3.63) is 83.6 Å². The molecule has 0 saturated carbocycles. The number of fused-ring (bicyclic) bond motifs is 2. The molecule has 2 heterocycles. The van der Waals surface area contributed by atoms with Crippen LogP contribution in [0.3, 0.4) is 0 Å². The van der Waals surface area contributed by atoms with Crippen molar-refractivity contribution in [3.8, 4) is 11.1 Å². The highest BCUT2D eigenvalue weighted by Crippen LogP contribution is 2.41. The first kappa shape index (κ1) is 23.7. The lowest BCUT2D eigenvalue weighted by Crippen LogP contribution is -2.53. The van der Waals surface area contributed by atoms with Gasteiger partial charge in [0.1, 0.15) is 5.69 Å². The molecule has 0 spiro atoms. The lowest BCUT2D eigenvalue weighted by Gasteiger charge is -2.42. The van der Waals surface area contributed by atoms with Gasteiger partial charge in [0.15, 0.2) is 0 Å². The molecule has 5 rings (SSSR count). The van der Waals surface area contributed by atoms with E-state index in [4.69, 9.17) is 4.74 Å². The number of aryl methyl sites for hydroxylation is 2. The second-order valence-corrected chi connectivity index (χ2v) is 9.26. The van der Waals surface area contributed by atoms with Crippen LogP contribution in [0.4, 0.5) is 16.2 Å². The number of hydrogen-bond acceptors (Lipinski definition) is 3. The quantitative estimate of drug-likeness (QED) is 0.346. The lowest BCUT2D eigenvalue weighted by atomic mass is 9.98. The summed E-state index contributed by atoms with van der Waals surface area (Å²) in [6.07, 6.45) is 0.309. The van der Waals surface area contributed by atoms with Crippen molar-refractivity contribution in [1.29, 1.82) is 0 Å². The number of ether oxygens (including phenoxy) is 1. The molecule has 36 heavy (non-hydrogen) atoms. The van der Waals surface area contributed by atoms with Crippen molar-refractivity contribution >= 4 is 34.3 Å². The number of H-pyrrole nitrogens is 1. The Hall–Kier alpha value is -4.06. The van der Waals surface area contributed by atoms with Gasteiger partial charge in [-0.3, -0.25) is 9.69 Å². The molecule has 1 aliphatic rings. The number of hydrogen-bond donors (Lipinski definition) is 1. The van der Waals surface area contributed by atoms with E-state index in [0.717, 1.165) is 38.8 Å². The standard InChI is InChI=1S/C30H31N3O3/c1-5-22-18-32(25-16-19(3)20(4)17-26(25)33(22)30(35)36-6-2)29(34)28-27(21-12-8-7-9-13-21)23-14-10-11-15-24(23)31-28/h7-17,22,31H,5-6,18H2,1-4H3. The first-order valence-corrected chi connectivity index (χ1v) is 12.5. The van der Waals surface area contributed by atoms with E-state index in [-0.39, 0.29) is 18.0 Å². The van der Waals surface area contributed by atoms with Crippen LogP contribution < -0.4 is 9.80 Å². The largest absolute Gasteiger partial charge is 0.449 e. The molecule has 6 heteroatoms. The Balaban J connectivity index is 1.69. The van der Waals surface area contributed by atoms with Gasteiger partial charge in [-0.25, -0.2) is 4.79 Å². The van der Waals surface area contributed by atoms with Gasteiger partial charge in [0.05, 0.1) is 24.0 Å². The number of aromatic amines is 1. The molecule has 0 aliphatic carbocycles. The summed E-state index contributed by atoms with van der Waals surface area (Å²) >= 11 is 0. The number of aromatic nitrogens is 1. The Bertz CT molecular complexity index is 1440. The normalized spacial score (nSPS) is 15.2.